The smallest absolute Gasteiger partial charge is 0.311 e. The van der Waals surface area contributed by atoms with Crippen LogP contribution in [0.3, 0.4) is 0 Å². The lowest BCUT2D eigenvalue weighted by Gasteiger charge is -2.06. The van der Waals surface area contributed by atoms with Gasteiger partial charge in [0.15, 0.2) is 5.75 Å². The molecule has 0 saturated heterocycles. The van der Waals surface area contributed by atoms with E-state index in [0.717, 1.165) is 11.5 Å². The summed E-state index contributed by atoms with van der Waals surface area (Å²) in [5.41, 5.74) is 0.956. The van der Waals surface area contributed by atoms with Crippen LogP contribution < -0.4 is 10.1 Å². The first-order valence-corrected chi connectivity index (χ1v) is 6.70. The standard InChI is InChI=1S/C14H20N2O3/c1-3-4-11-8-12(11)15-9-10-5-6-14(19-2)13(7-10)16(17)18/h5-7,11-12,15H,3-4,8-9H2,1-2H3. The molecule has 0 heterocycles. The van der Waals surface area contributed by atoms with Gasteiger partial charge in [0.05, 0.1) is 12.0 Å². The van der Waals surface area contributed by atoms with Crippen LogP contribution in [0.15, 0.2) is 18.2 Å². The molecule has 0 aliphatic heterocycles. The Labute approximate surface area is 113 Å². The number of nitro groups is 1. The summed E-state index contributed by atoms with van der Waals surface area (Å²) in [7, 11) is 1.44. The van der Waals surface area contributed by atoms with Crippen LogP contribution in [0.2, 0.25) is 0 Å². The number of nitrogens with one attached hydrogen (secondary N) is 1. The van der Waals surface area contributed by atoms with Crippen LogP contribution in [0.1, 0.15) is 31.7 Å². The molecule has 1 fully saturated rings. The van der Waals surface area contributed by atoms with Crippen molar-refractivity contribution in [3.63, 3.8) is 0 Å². The Morgan fingerprint density at radius 1 is 1.53 bits per heavy atom. The molecule has 104 valence electrons. The minimum atomic E-state index is -0.403. The number of nitrogens with zero attached hydrogens (tertiary/aromatic N) is 1. The Bertz CT molecular complexity index is 462. The molecule has 5 nitrogen and oxygen atoms in total. The van der Waals surface area contributed by atoms with Gasteiger partial charge in [-0.15, -0.1) is 0 Å². The highest BCUT2D eigenvalue weighted by atomic mass is 16.6. The molecule has 2 atom stereocenters. The maximum atomic E-state index is 10.9. The number of rotatable bonds is 7. The van der Waals surface area contributed by atoms with Gasteiger partial charge in [0.2, 0.25) is 0 Å². The van der Waals surface area contributed by atoms with Gasteiger partial charge in [-0.25, -0.2) is 0 Å². The van der Waals surface area contributed by atoms with Gasteiger partial charge in [0, 0.05) is 18.7 Å². The fraction of sp³-hybridized carbons (Fsp3) is 0.571. The quantitative estimate of drug-likeness (QED) is 0.607. The van der Waals surface area contributed by atoms with Gasteiger partial charge in [0.25, 0.3) is 0 Å². The summed E-state index contributed by atoms with van der Waals surface area (Å²) in [5.74, 6) is 1.10. The summed E-state index contributed by atoms with van der Waals surface area (Å²) < 4.78 is 4.99. The van der Waals surface area contributed by atoms with E-state index in [4.69, 9.17) is 4.74 Å². The molecule has 5 heteroatoms. The van der Waals surface area contributed by atoms with Crippen molar-refractivity contribution >= 4 is 5.69 Å². The van der Waals surface area contributed by atoms with E-state index in [0.29, 0.717) is 18.3 Å². The van der Waals surface area contributed by atoms with E-state index in [9.17, 15) is 10.1 Å². The van der Waals surface area contributed by atoms with Crippen LogP contribution in [0.4, 0.5) is 5.69 Å². The van der Waals surface area contributed by atoms with Gasteiger partial charge in [-0.05, 0) is 30.4 Å². The van der Waals surface area contributed by atoms with Crippen molar-refractivity contribution in [2.45, 2.75) is 38.8 Å². The molecule has 1 aromatic rings. The lowest BCUT2D eigenvalue weighted by molar-refractivity contribution is -0.385. The molecule has 0 spiro atoms. The molecule has 1 saturated carbocycles. The van der Waals surface area contributed by atoms with Crippen LogP contribution in [0.5, 0.6) is 5.75 Å². The number of hydrogen-bond donors (Lipinski definition) is 1. The second-order valence-electron chi connectivity index (χ2n) is 5.04. The van der Waals surface area contributed by atoms with Crippen LogP contribution >= 0.6 is 0 Å². The molecule has 0 aromatic heterocycles. The highest BCUT2D eigenvalue weighted by Crippen LogP contribution is 2.35. The summed E-state index contributed by atoms with van der Waals surface area (Å²) >= 11 is 0. The Morgan fingerprint density at radius 2 is 2.32 bits per heavy atom. The van der Waals surface area contributed by atoms with Gasteiger partial charge >= 0.3 is 5.69 Å². The molecule has 2 rings (SSSR count). The number of ether oxygens (including phenoxy) is 1. The summed E-state index contributed by atoms with van der Waals surface area (Å²) in [5, 5.41) is 14.4. The average molecular weight is 264 g/mol. The van der Waals surface area contributed by atoms with Crippen LogP contribution in [-0.2, 0) is 6.54 Å². The van der Waals surface area contributed by atoms with Crippen molar-refractivity contribution in [2.24, 2.45) is 5.92 Å². The Morgan fingerprint density at radius 3 is 2.95 bits per heavy atom. The third-order valence-corrected chi connectivity index (χ3v) is 3.59. The summed E-state index contributed by atoms with van der Waals surface area (Å²) in [6.07, 6.45) is 3.71. The van der Waals surface area contributed by atoms with Crippen LogP contribution in [-0.4, -0.2) is 18.1 Å². The van der Waals surface area contributed by atoms with Gasteiger partial charge in [-0.3, -0.25) is 10.1 Å². The molecule has 0 amide bonds. The molecule has 2 unspecified atom stereocenters. The Kier molecular flexibility index (Phi) is 4.37. The third kappa shape index (κ3) is 3.44. The van der Waals surface area contributed by atoms with Crippen LogP contribution in [0.25, 0.3) is 0 Å². The summed E-state index contributed by atoms with van der Waals surface area (Å²) in [6.45, 7) is 2.87. The first kappa shape index (κ1) is 13.8. The molecule has 1 aromatic carbocycles. The second kappa shape index (κ2) is 6.02. The van der Waals surface area contributed by atoms with E-state index < -0.39 is 4.92 Å². The summed E-state index contributed by atoms with van der Waals surface area (Å²) in [4.78, 5) is 10.5. The largest absolute Gasteiger partial charge is 0.490 e. The van der Waals surface area contributed by atoms with E-state index in [1.807, 2.05) is 6.07 Å². The number of methoxy groups -OCH3 is 1. The summed E-state index contributed by atoms with van der Waals surface area (Å²) in [6, 6.07) is 5.70. The molecule has 19 heavy (non-hydrogen) atoms. The molecule has 1 aliphatic rings. The van der Waals surface area contributed by atoms with Crippen molar-refractivity contribution in [3.05, 3.63) is 33.9 Å². The fourth-order valence-electron chi connectivity index (χ4n) is 2.42. The van der Waals surface area contributed by atoms with E-state index in [2.05, 4.69) is 12.2 Å². The molecule has 0 radical (unpaired) electrons. The lowest BCUT2D eigenvalue weighted by Crippen LogP contribution is -2.17. The van der Waals surface area contributed by atoms with Crippen molar-refractivity contribution < 1.29 is 9.66 Å². The second-order valence-corrected chi connectivity index (χ2v) is 5.04. The van der Waals surface area contributed by atoms with E-state index in [1.54, 1.807) is 12.1 Å². The molecular formula is C14H20N2O3. The van der Waals surface area contributed by atoms with Gasteiger partial charge in [-0.2, -0.15) is 0 Å². The zero-order chi connectivity index (χ0) is 13.8. The topological polar surface area (TPSA) is 64.4 Å². The van der Waals surface area contributed by atoms with Crippen molar-refractivity contribution in [1.82, 2.24) is 5.32 Å². The minimum absolute atomic E-state index is 0.0303. The van der Waals surface area contributed by atoms with Crippen molar-refractivity contribution in [2.75, 3.05) is 7.11 Å². The highest BCUT2D eigenvalue weighted by molar-refractivity contribution is 5.48. The minimum Gasteiger partial charge on any atom is -0.490 e. The molecule has 1 aliphatic carbocycles. The third-order valence-electron chi connectivity index (χ3n) is 3.59. The number of hydrogen-bond acceptors (Lipinski definition) is 4. The van der Waals surface area contributed by atoms with E-state index in [-0.39, 0.29) is 5.69 Å². The van der Waals surface area contributed by atoms with E-state index >= 15 is 0 Å². The average Bonchev–Trinajstić information content (AvgIpc) is 3.15. The highest BCUT2D eigenvalue weighted by Gasteiger charge is 2.35. The Hall–Kier alpha value is -1.62. The normalized spacial score (nSPS) is 21.2. The van der Waals surface area contributed by atoms with Gasteiger partial charge in [0.1, 0.15) is 0 Å². The van der Waals surface area contributed by atoms with E-state index in [1.165, 1.54) is 26.4 Å². The molecular weight excluding hydrogens is 244 g/mol. The number of nitro benzene ring substituents is 1. The zero-order valence-electron chi connectivity index (χ0n) is 11.4. The van der Waals surface area contributed by atoms with Crippen molar-refractivity contribution in [3.8, 4) is 5.75 Å². The lowest BCUT2D eigenvalue weighted by atomic mass is 10.2. The maximum absolute atomic E-state index is 10.9. The maximum Gasteiger partial charge on any atom is 0.311 e. The van der Waals surface area contributed by atoms with Crippen molar-refractivity contribution in [1.29, 1.82) is 0 Å². The SMILES string of the molecule is CCCC1CC1NCc1ccc(OC)c([N+](=O)[O-])c1. The predicted molar refractivity (Wildman–Crippen MR) is 73.3 cm³/mol. The predicted octanol–water partition coefficient (Wildman–Crippen LogP) is 2.88. The fourth-order valence-corrected chi connectivity index (χ4v) is 2.42. The number of benzene rings is 1. The first-order valence-electron chi connectivity index (χ1n) is 6.70. The van der Waals surface area contributed by atoms with Gasteiger partial charge in [-0.1, -0.05) is 19.4 Å². The van der Waals surface area contributed by atoms with Gasteiger partial charge < -0.3 is 10.1 Å². The Balaban J connectivity index is 1.94. The first-order chi connectivity index (χ1) is 9.15. The monoisotopic (exact) mass is 264 g/mol. The molecule has 0 bridgehead atoms. The zero-order valence-corrected chi connectivity index (χ0v) is 11.4. The molecule has 1 N–H and O–H groups in total. The van der Waals surface area contributed by atoms with Crippen LogP contribution in [0, 0.1) is 16.0 Å².